The number of pyridine rings is 2. The van der Waals surface area contributed by atoms with Gasteiger partial charge in [-0.3, -0.25) is 9.88 Å². The molecule has 0 atom stereocenters. The Hall–Kier alpha value is -5.14. The Bertz CT molecular complexity index is 2020. The third kappa shape index (κ3) is 6.40. The first-order valence-corrected chi connectivity index (χ1v) is 15.4. The third-order valence-corrected chi connectivity index (χ3v) is 8.58. The predicted octanol–water partition coefficient (Wildman–Crippen LogP) is 7.11. The molecule has 0 saturated carbocycles. The van der Waals surface area contributed by atoms with Crippen LogP contribution in [0.5, 0.6) is 0 Å². The van der Waals surface area contributed by atoms with Crippen molar-refractivity contribution in [2.45, 2.75) is 40.2 Å². The summed E-state index contributed by atoms with van der Waals surface area (Å²) in [5.41, 5.74) is 9.54. The summed E-state index contributed by atoms with van der Waals surface area (Å²) in [7, 11) is 0. The maximum Gasteiger partial charge on any atom is 0.156 e. The molecule has 2 N–H and O–H groups in total. The summed E-state index contributed by atoms with van der Waals surface area (Å²) in [6, 6.07) is 16.9. The van der Waals surface area contributed by atoms with Crippen molar-refractivity contribution in [3.05, 3.63) is 119 Å². The predicted molar refractivity (Wildman–Crippen MR) is 187 cm³/mol. The molecule has 1 fully saturated rings. The fourth-order valence-electron chi connectivity index (χ4n) is 5.94. The van der Waals surface area contributed by atoms with Gasteiger partial charge in [0, 0.05) is 40.9 Å². The highest BCUT2D eigenvalue weighted by Crippen LogP contribution is 2.35. The van der Waals surface area contributed by atoms with Gasteiger partial charge in [0.2, 0.25) is 0 Å². The summed E-state index contributed by atoms with van der Waals surface area (Å²) in [6.07, 6.45) is 13.7. The fourth-order valence-corrected chi connectivity index (χ4v) is 5.94. The van der Waals surface area contributed by atoms with Crippen LogP contribution in [0.3, 0.4) is 0 Å². The monoisotopic (exact) mass is 593 g/mol. The lowest BCUT2D eigenvalue weighted by atomic mass is 9.94. The molecule has 3 aromatic heterocycles. The molecule has 0 amide bonds. The Morgan fingerprint density at radius 2 is 1.58 bits per heavy atom. The first-order valence-electron chi connectivity index (χ1n) is 15.4. The van der Waals surface area contributed by atoms with Crippen LogP contribution in [0.15, 0.2) is 91.6 Å². The van der Waals surface area contributed by atoms with Gasteiger partial charge in [-0.2, -0.15) is 0 Å². The molecule has 0 aliphatic carbocycles. The molecule has 0 unspecified atom stereocenters. The number of fused-ring (bicyclic) bond motifs is 1. The third-order valence-electron chi connectivity index (χ3n) is 8.58. The van der Waals surface area contributed by atoms with Crippen molar-refractivity contribution in [2.75, 3.05) is 23.7 Å². The van der Waals surface area contributed by atoms with Gasteiger partial charge in [-0.25, -0.2) is 15.0 Å². The van der Waals surface area contributed by atoms with Crippen molar-refractivity contribution in [1.29, 1.82) is 0 Å². The molecular weight excluding hydrogens is 554 g/mol. The zero-order valence-corrected chi connectivity index (χ0v) is 26.3. The summed E-state index contributed by atoms with van der Waals surface area (Å²) in [5, 5.41) is 9.67. The van der Waals surface area contributed by atoms with E-state index in [9.17, 15) is 0 Å². The average molecular weight is 594 g/mol. The van der Waals surface area contributed by atoms with Crippen LogP contribution in [-0.2, 0) is 6.54 Å². The summed E-state index contributed by atoms with van der Waals surface area (Å²) in [5.74, 6) is 1.42. The lowest BCUT2D eigenvalue weighted by Crippen LogP contribution is -2.30. The minimum atomic E-state index is 0.668. The van der Waals surface area contributed by atoms with E-state index in [4.69, 9.17) is 4.98 Å². The molecule has 1 saturated heterocycles. The fraction of sp³-hybridized carbons (Fsp3) is 0.211. The number of aromatic nitrogens is 4. The Labute approximate surface area is 264 Å². The minimum Gasteiger partial charge on any atom is -0.339 e. The molecule has 226 valence electrons. The van der Waals surface area contributed by atoms with Gasteiger partial charge in [-0.05, 0) is 110 Å². The van der Waals surface area contributed by atoms with Crippen LogP contribution in [-0.4, -0.2) is 37.9 Å². The van der Waals surface area contributed by atoms with Gasteiger partial charge in [0.05, 0.1) is 5.35 Å². The van der Waals surface area contributed by atoms with Gasteiger partial charge >= 0.3 is 0 Å². The van der Waals surface area contributed by atoms with Gasteiger partial charge in [0.25, 0.3) is 0 Å². The van der Waals surface area contributed by atoms with E-state index in [0.29, 0.717) is 5.82 Å². The number of nitrogens with one attached hydrogen (secondary N) is 2. The Kier molecular flexibility index (Phi) is 8.80. The van der Waals surface area contributed by atoms with Crippen LogP contribution in [0, 0.1) is 13.8 Å². The molecule has 4 heterocycles. The number of hydrogen-bond acceptors (Lipinski definition) is 7. The van der Waals surface area contributed by atoms with Crippen molar-refractivity contribution in [3.63, 3.8) is 0 Å². The molecule has 0 radical (unpaired) electrons. The van der Waals surface area contributed by atoms with Crippen molar-refractivity contribution >= 4 is 46.6 Å². The molecule has 0 bridgehead atoms. The summed E-state index contributed by atoms with van der Waals surface area (Å²) in [4.78, 5) is 20.9. The van der Waals surface area contributed by atoms with E-state index in [1.54, 1.807) is 12.4 Å². The molecule has 0 spiro atoms. The molecule has 5 aromatic rings. The van der Waals surface area contributed by atoms with Gasteiger partial charge < -0.3 is 10.6 Å². The van der Waals surface area contributed by atoms with Crippen molar-refractivity contribution < 1.29 is 0 Å². The highest BCUT2D eigenvalue weighted by atomic mass is 15.1. The maximum absolute atomic E-state index is 4.85. The first kappa shape index (κ1) is 29.9. The minimum absolute atomic E-state index is 0.668. The average Bonchev–Trinajstić information content (AvgIpc) is 3.57. The maximum atomic E-state index is 4.85. The van der Waals surface area contributed by atoms with Crippen LogP contribution < -0.4 is 21.2 Å². The molecule has 7 heteroatoms. The Morgan fingerprint density at radius 3 is 2.24 bits per heavy atom. The zero-order valence-electron chi connectivity index (χ0n) is 26.3. The van der Waals surface area contributed by atoms with E-state index in [2.05, 4.69) is 100.0 Å². The number of hydrogen-bond donors (Lipinski definition) is 2. The largest absolute Gasteiger partial charge is 0.339 e. The smallest absolute Gasteiger partial charge is 0.156 e. The van der Waals surface area contributed by atoms with Crippen molar-refractivity contribution in [3.8, 4) is 11.1 Å². The van der Waals surface area contributed by atoms with Crippen LogP contribution >= 0.6 is 0 Å². The number of rotatable bonds is 9. The number of nitrogens with zero attached hydrogens (tertiary/aromatic N) is 5. The molecule has 7 nitrogen and oxygen atoms in total. The topological polar surface area (TPSA) is 78.9 Å². The van der Waals surface area contributed by atoms with Crippen LogP contribution in [0.2, 0.25) is 0 Å². The number of benzene rings is 2. The second-order valence-corrected chi connectivity index (χ2v) is 11.5. The highest BCUT2D eigenvalue weighted by Gasteiger charge is 2.15. The van der Waals surface area contributed by atoms with Gasteiger partial charge in [-0.1, -0.05) is 49.6 Å². The van der Waals surface area contributed by atoms with Crippen molar-refractivity contribution in [1.82, 2.24) is 24.8 Å². The van der Waals surface area contributed by atoms with Gasteiger partial charge in [-0.15, -0.1) is 0 Å². The number of likely N-dealkylation sites (tertiary alicyclic amines) is 1. The standard InChI is InChI=1S/C38H39N7/c1-6-28(7-2)21-35-27(5)37(42-24-41-35)43-33-14-10-12-31(25(33)3)32-13-11-15-34(26(32)4)44-38-36-30(16-17-39-38)20-29(22-40-36)23-45-18-8-9-19-45/h6-7,10-17,20-22,24H,1,5,8-9,18-19,23H2,2-4H3,(H,39,44)(H,41,42,43)/b28-7-,35-21+. The lowest BCUT2D eigenvalue weighted by molar-refractivity contribution is 0.331. The number of anilines is 4. The quantitative estimate of drug-likeness (QED) is 0.176. The lowest BCUT2D eigenvalue weighted by Gasteiger charge is -2.18. The molecule has 1 aliphatic heterocycles. The van der Waals surface area contributed by atoms with E-state index in [-0.39, 0.29) is 0 Å². The Morgan fingerprint density at radius 1 is 0.889 bits per heavy atom. The van der Waals surface area contributed by atoms with Gasteiger partial charge in [0.1, 0.15) is 17.7 Å². The molecule has 6 rings (SSSR count). The second kappa shape index (κ2) is 13.2. The Balaban J connectivity index is 1.29. The second-order valence-electron chi connectivity index (χ2n) is 11.5. The highest BCUT2D eigenvalue weighted by molar-refractivity contribution is 5.91. The van der Waals surface area contributed by atoms with Crippen LogP contribution in [0.25, 0.3) is 34.7 Å². The van der Waals surface area contributed by atoms with E-state index >= 15 is 0 Å². The van der Waals surface area contributed by atoms with E-state index in [1.165, 1.54) is 31.5 Å². The zero-order chi connectivity index (χ0) is 31.3. The number of allylic oxidation sites excluding steroid dienone is 3. The molecule has 2 aromatic carbocycles. The van der Waals surface area contributed by atoms with Gasteiger partial charge in [0.15, 0.2) is 5.82 Å². The molecule has 45 heavy (non-hydrogen) atoms. The summed E-state index contributed by atoms with van der Waals surface area (Å²) in [6.45, 7) is 17.7. The van der Waals surface area contributed by atoms with E-state index < -0.39 is 0 Å². The SMILES string of the molecule is C=CC(=C/C)/C=c1/ncnc(Nc2cccc(-c3cccc(Nc4nccc5cc(CN6CCCC6)cnc45)c3C)c2C)c1=C. The van der Waals surface area contributed by atoms with E-state index in [0.717, 1.165) is 73.0 Å². The van der Waals surface area contributed by atoms with Crippen molar-refractivity contribution in [2.24, 2.45) is 0 Å². The molecular formula is C38H39N7. The van der Waals surface area contributed by atoms with E-state index in [1.807, 2.05) is 37.5 Å². The summed E-state index contributed by atoms with van der Waals surface area (Å²) < 4.78 is 0. The van der Waals surface area contributed by atoms with Crippen LogP contribution in [0.1, 0.15) is 36.5 Å². The summed E-state index contributed by atoms with van der Waals surface area (Å²) >= 11 is 0. The molecule has 1 aliphatic rings. The van der Waals surface area contributed by atoms with Crippen LogP contribution in [0.4, 0.5) is 23.0 Å². The first-order chi connectivity index (χ1) is 21.9. The normalized spacial score (nSPS) is 14.2.